The normalized spacial score (nSPS) is 18.5. The van der Waals surface area contributed by atoms with Crippen LogP contribution >= 0.6 is 15.9 Å². The van der Waals surface area contributed by atoms with E-state index in [4.69, 9.17) is 19.6 Å². The van der Waals surface area contributed by atoms with Crippen LogP contribution in [0.2, 0.25) is 0 Å². The Balaban J connectivity index is 1.52. The van der Waals surface area contributed by atoms with Crippen LogP contribution in [0.1, 0.15) is 35.6 Å². The lowest BCUT2D eigenvalue weighted by atomic mass is 9.86. The first-order valence-corrected chi connectivity index (χ1v) is 13.6. The van der Waals surface area contributed by atoms with Crippen molar-refractivity contribution in [2.75, 3.05) is 19.8 Å². The lowest BCUT2D eigenvalue weighted by Gasteiger charge is -2.28. The Morgan fingerprint density at radius 3 is 2.55 bits per heavy atom. The summed E-state index contributed by atoms with van der Waals surface area (Å²) in [7, 11) is 0. The van der Waals surface area contributed by atoms with Crippen molar-refractivity contribution in [3.05, 3.63) is 99.5 Å². The SMILES string of the molecule is Cc1ccc(CCNNC(=O)[C@@]2(Cc3ccccc3Br)N=C(c3ccc(OCCCO)cc3)O[C@H]2C)cc1. The molecule has 0 unspecified atom stereocenters. The molecule has 1 aliphatic rings. The zero-order valence-corrected chi connectivity index (χ0v) is 23.3. The van der Waals surface area contributed by atoms with Gasteiger partial charge in [0.1, 0.15) is 11.9 Å². The standard InChI is InChI=1S/C30H34BrN3O4/c1-21-8-10-23(11-9-21)16-17-32-34-29(36)30(20-25-6-3-4-7-27(25)31)22(2)38-28(33-30)24-12-14-26(15-13-24)37-19-5-18-35/h3-4,6-15,22,32,35H,5,16-20H2,1-2H3,(H,34,36)/t22-,30-/m0/s1. The summed E-state index contributed by atoms with van der Waals surface area (Å²) in [6.45, 7) is 5.06. The largest absolute Gasteiger partial charge is 0.494 e. The molecule has 4 rings (SSSR count). The van der Waals surface area contributed by atoms with Crippen molar-refractivity contribution < 1.29 is 19.4 Å². The Morgan fingerprint density at radius 2 is 1.84 bits per heavy atom. The highest BCUT2D eigenvalue weighted by Gasteiger charge is 2.50. The van der Waals surface area contributed by atoms with Crippen molar-refractivity contribution in [3.8, 4) is 5.75 Å². The first kappa shape index (κ1) is 27.8. The van der Waals surface area contributed by atoms with Crippen molar-refractivity contribution >= 4 is 27.7 Å². The molecule has 8 heteroatoms. The smallest absolute Gasteiger partial charge is 0.266 e. The van der Waals surface area contributed by atoms with Gasteiger partial charge in [-0.15, -0.1) is 0 Å². The predicted molar refractivity (Wildman–Crippen MR) is 152 cm³/mol. The summed E-state index contributed by atoms with van der Waals surface area (Å²) >= 11 is 3.62. The molecule has 7 nitrogen and oxygen atoms in total. The maximum atomic E-state index is 13.7. The maximum Gasteiger partial charge on any atom is 0.266 e. The minimum absolute atomic E-state index is 0.0864. The number of ether oxygens (including phenoxy) is 2. The van der Waals surface area contributed by atoms with Gasteiger partial charge < -0.3 is 14.6 Å². The van der Waals surface area contributed by atoms with Crippen LogP contribution in [0.15, 0.2) is 82.3 Å². The number of hydrazine groups is 1. The quantitative estimate of drug-likeness (QED) is 0.216. The number of hydrogen-bond donors (Lipinski definition) is 3. The first-order chi connectivity index (χ1) is 18.4. The maximum absolute atomic E-state index is 13.7. The first-order valence-electron chi connectivity index (χ1n) is 12.8. The molecule has 1 aliphatic heterocycles. The number of benzene rings is 3. The number of carbonyl (C=O) groups is 1. The Kier molecular flexibility index (Phi) is 9.55. The van der Waals surface area contributed by atoms with Gasteiger partial charge in [-0.25, -0.2) is 10.4 Å². The van der Waals surface area contributed by atoms with Gasteiger partial charge in [0.15, 0.2) is 5.54 Å². The summed E-state index contributed by atoms with van der Waals surface area (Å²) in [6, 6.07) is 23.6. The Hall–Kier alpha value is -3.20. The van der Waals surface area contributed by atoms with E-state index in [0.717, 1.165) is 22.0 Å². The number of hydrogen-bond acceptors (Lipinski definition) is 6. The molecule has 0 spiro atoms. The van der Waals surface area contributed by atoms with E-state index in [1.54, 1.807) is 0 Å². The third kappa shape index (κ3) is 6.81. The minimum atomic E-state index is -1.16. The van der Waals surface area contributed by atoms with Crippen LogP contribution in [-0.2, 0) is 22.4 Å². The highest BCUT2D eigenvalue weighted by Crippen LogP contribution is 2.34. The summed E-state index contributed by atoms with van der Waals surface area (Å²) in [5, 5.41) is 8.95. The van der Waals surface area contributed by atoms with Crippen LogP contribution in [0, 0.1) is 6.92 Å². The number of halogens is 1. The van der Waals surface area contributed by atoms with Crippen LogP contribution < -0.4 is 15.6 Å². The van der Waals surface area contributed by atoms with Gasteiger partial charge in [0.25, 0.3) is 5.91 Å². The topological polar surface area (TPSA) is 92.2 Å². The van der Waals surface area contributed by atoms with Gasteiger partial charge >= 0.3 is 0 Å². The number of amides is 1. The zero-order chi connectivity index (χ0) is 27.0. The minimum Gasteiger partial charge on any atom is -0.494 e. The Morgan fingerprint density at radius 1 is 1.11 bits per heavy atom. The molecular formula is C30H34BrN3O4. The van der Waals surface area contributed by atoms with E-state index in [-0.39, 0.29) is 12.5 Å². The molecule has 1 amide bonds. The molecule has 200 valence electrons. The molecule has 0 bridgehead atoms. The molecular weight excluding hydrogens is 546 g/mol. The number of aliphatic imine (C=N–C) groups is 1. The van der Waals surface area contributed by atoms with Gasteiger partial charge in [0, 0.05) is 36.0 Å². The average molecular weight is 581 g/mol. The molecule has 2 atom stereocenters. The van der Waals surface area contributed by atoms with E-state index in [1.165, 1.54) is 11.1 Å². The van der Waals surface area contributed by atoms with Crippen LogP contribution in [0.3, 0.4) is 0 Å². The van der Waals surface area contributed by atoms with Crippen LogP contribution in [0.4, 0.5) is 0 Å². The van der Waals surface area contributed by atoms with Crippen molar-refractivity contribution in [1.29, 1.82) is 0 Å². The molecule has 0 aromatic heterocycles. The number of aliphatic hydroxyl groups is 1. The fourth-order valence-corrected chi connectivity index (χ4v) is 4.71. The summed E-state index contributed by atoms with van der Waals surface area (Å²) in [4.78, 5) is 18.6. The van der Waals surface area contributed by atoms with Crippen molar-refractivity contribution in [2.24, 2.45) is 4.99 Å². The average Bonchev–Trinajstić information content (AvgIpc) is 3.26. The molecule has 1 heterocycles. The molecule has 0 saturated carbocycles. The van der Waals surface area contributed by atoms with E-state index < -0.39 is 11.6 Å². The van der Waals surface area contributed by atoms with E-state index >= 15 is 0 Å². The summed E-state index contributed by atoms with van der Waals surface area (Å²) in [6.07, 6.45) is 1.22. The second kappa shape index (κ2) is 13.0. The molecule has 0 saturated heterocycles. The zero-order valence-electron chi connectivity index (χ0n) is 21.7. The van der Waals surface area contributed by atoms with Gasteiger partial charge in [-0.2, -0.15) is 0 Å². The summed E-state index contributed by atoms with van der Waals surface area (Å²) < 4.78 is 12.7. The molecule has 3 aromatic rings. The van der Waals surface area contributed by atoms with E-state index in [2.05, 4.69) is 58.0 Å². The number of aliphatic hydroxyl groups excluding tert-OH is 1. The van der Waals surface area contributed by atoms with Gasteiger partial charge in [0.05, 0.1) is 6.61 Å². The Bertz CT molecular complexity index is 1250. The number of nitrogens with one attached hydrogen (secondary N) is 2. The fraction of sp³-hybridized carbons (Fsp3) is 0.333. The second-order valence-corrected chi connectivity index (χ2v) is 10.3. The predicted octanol–water partition coefficient (Wildman–Crippen LogP) is 4.53. The molecule has 3 aromatic carbocycles. The van der Waals surface area contributed by atoms with Crippen LogP contribution in [0.5, 0.6) is 5.75 Å². The van der Waals surface area contributed by atoms with E-state index in [9.17, 15) is 4.79 Å². The number of aryl methyl sites for hydroxylation is 1. The summed E-state index contributed by atoms with van der Waals surface area (Å²) in [5.41, 5.74) is 8.97. The molecule has 0 aliphatic carbocycles. The highest BCUT2D eigenvalue weighted by molar-refractivity contribution is 9.10. The van der Waals surface area contributed by atoms with E-state index in [0.29, 0.717) is 37.6 Å². The number of carbonyl (C=O) groups excluding carboxylic acids is 1. The Labute approximate surface area is 232 Å². The number of nitrogens with zero attached hydrogens (tertiary/aromatic N) is 1. The summed E-state index contributed by atoms with van der Waals surface area (Å²) in [5.74, 6) is 0.869. The highest BCUT2D eigenvalue weighted by atomic mass is 79.9. The van der Waals surface area contributed by atoms with Gasteiger partial charge in [-0.05, 0) is 61.7 Å². The van der Waals surface area contributed by atoms with Gasteiger partial charge in [0.2, 0.25) is 5.90 Å². The second-order valence-electron chi connectivity index (χ2n) is 9.44. The van der Waals surface area contributed by atoms with Gasteiger partial charge in [-0.3, -0.25) is 10.2 Å². The van der Waals surface area contributed by atoms with Crippen LogP contribution in [0.25, 0.3) is 0 Å². The molecule has 0 radical (unpaired) electrons. The molecule has 0 fully saturated rings. The monoisotopic (exact) mass is 579 g/mol. The third-order valence-electron chi connectivity index (χ3n) is 6.61. The fourth-order valence-electron chi connectivity index (χ4n) is 4.29. The lowest BCUT2D eigenvalue weighted by molar-refractivity contribution is -0.129. The van der Waals surface area contributed by atoms with Crippen molar-refractivity contribution in [1.82, 2.24) is 10.9 Å². The number of rotatable bonds is 12. The van der Waals surface area contributed by atoms with Gasteiger partial charge in [-0.1, -0.05) is 64.0 Å². The third-order valence-corrected chi connectivity index (χ3v) is 7.38. The molecule has 38 heavy (non-hydrogen) atoms. The van der Waals surface area contributed by atoms with E-state index in [1.807, 2.05) is 55.5 Å². The lowest BCUT2D eigenvalue weighted by Crippen LogP contribution is -2.56. The van der Waals surface area contributed by atoms with Crippen molar-refractivity contribution in [2.45, 2.75) is 44.8 Å². The van der Waals surface area contributed by atoms with Crippen LogP contribution in [-0.4, -0.2) is 48.3 Å². The van der Waals surface area contributed by atoms with Crippen molar-refractivity contribution in [3.63, 3.8) is 0 Å². The molecule has 3 N–H and O–H groups in total.